The topological polar surface area (TPSA) is 20.3 Å². The average molecular weight is 278 g/mol. The van der Waals surface area contributed by atoms with Gasteiger partial charge in [-0.1, -0.05) is 22.9 Å². The van der Waals surface area contributed by atoms with E-state index in [1.807, 2.05) is 11.8 Å². The molecular weight excluding hydrogens is 262 g/mol. The van der Waals surface area contributed by atoms with Gasteiger partial charge in [0.2, 0.25) is 5.91 Å². The Morgan fingerprint density at radius 3 is 2.93 bits per heavy atom. The van der Waals surface area contributed by atoms with E-state index < -0.39 is 0 Å². The highest BCUT2D eigenvalue weighted by Gasteiger charge is 2.48. The normalized spacial score (nSPS) is 30.1. The van der Waals surface area contributed by atoms with Gasteiger partial charge in [-0.3, -0.25) is 4.79 Å². The van der Waals surface area contributed by atoms with E-state index in [2.05, 4.69) is 27.8 Å². The van der Waals surface area contributed by atoms with E-state index in [-0.39, 0.29) is 5.41 Å². The second kappa shape index (κ2) is 4.05. The summed E-state index contributed by atoms with van der Waals surface area (Å²) in [6.07, 6.45) is 2.18. The Kier molecular flexibility index (Phi) is 3.12. The van der Waals surface area contributed by atoms with Gasteiger partial charge in [0.15, 0.2) is 0 Å². The van der Waals surface area contributed by atoms with Gasteiger partial charge < -0.3 is 4.90 Å². The van der Waals surface area contributed by atoms with Gasteiger partial charge in [0, 0.05) is 28.8 Å². The van der Waals surface area contributed by atoms with Crippen molar-refractivity contribution < 1.29 is 4.79 Å². The molecule has 1 heterocycles. The molecule has 2 rings (SSSR count). The molecule has 0 radical (unpaired) electrons. The fourth-order valence-corrected chi connectivity index (χ4v) is 3.74. The minimum absolute atomic E-state index is 0.00241. The first-order valence-corrected chi connectivity index (χ1v) is 7.40. The molecule has 4 heteroatoms. The first kappa shape index (κ1) is 10.8. The third kappa shape index (κ3) is 1.96. The zero-order valence-electron chi connectivity index (χ0n) is 8.46. The Balaban J connectivity index is 2.03. The summed E-state index contributed by atoms with van der Waals surface area (Å²) in [4.78, 5) is 14.2. The van der Waals surface area contributed by atoms with Crippen molar-refractivity contribution in [3.8, 4) is 0 Å². The standard InChI is InChI=1S/C10H16BrNOS/c1-10(2-3-10)9(13)12-4-5-14-7-8(12)6-11/h8H,2-7H2,1H3. The molecular formula is C10H16BrNOS. The number of hydrogen-bond donors (Lipinski definition) is 0. The number of rotatable bonds is 2. The fraction of sp³-hybridized carbons (Fsp3) is 0.900. The lowest BCUT2D eigenvalue weighted by Gasteiger charge is -2.36. The van der Waals surface area contributed by atoms with E-state index in [0.29, 0.717) is 11.9 Å². The molecule has 1 aliphatic carbocycles. The number of thioether (sulfide) groups is 1. The summed E-state index contributed by atoms with van der Waals surface area (Å²) < 4.78 is 0. The number of halogens is 1. The van der Waals surface area contributed by atoms with E-state index in [0.717, 1.165) is 36.2 Å². The van der Waals surface area contributed by atoms with E-state index in [1.54, 1.807) is 0 Å². The van der Waals surface area contributed by atoms with E-state index >= 15 is 0 Å². The maximum atomic E-state index is 12.1. The first-order valence-electron chi connectivity index (χ1n) is 5.12. The summed E-state index contributed by atoms with van der Waals surface area (Å²) in [5.74, 6) is 2.58. The van der Waals surface area contributed by atoms with Gasteiger partial charge in [-0.25, -0.2) is 0 Å². The summed E-state index contributed by atoms with van der Waals surface area (Å²) in [6.45, 7) is 3.04. The summed E-state index contributed by atoms with van der Waals surface area (Å²) in [6, 6.07) is 0.415. The molecule has 0 aromatic heterocycles. The molecule has 14 heavy (non-hydrogen) atoms. The Morgan fingerprint density at radius 1 is 1.64 bits per heavy atom. The van der Waals surface area contributed by atoms with E-state index in [9.17, 15) is 4.79 Å². The van der Waals surface area contributed by atoms with Crippen LogP contribution in [0.25, 0.3) is 0 Å². The highest BCUT2D eigenvalue weighted by molar-refractivity contribution is 9.09. The maximum absolute atomic E-state index is 12.1. The zero-order chi connectivity index (χ0) is 10.2. The lowest BCUT2D eigenvalue weighted by molar-refractivity contribution is -0.137. The summed E-state index contributed by atoms with van der Waals surface area (Å²) in [5, 5.41) is 0.918. The van der Waals surface area contributed by atoms with Crippen LogP contribution in [0.3, 0.4) is 0 Å². The van der Waals surface area contributed by atoms with Crippen LogP contribution < -0.4 is 0 Å². The Hall–Kier alpha value is 0.300. The van der Waals surface area contributed by atoms with Crippen molar-refractivity contribution in [3.63, 3.8) is 0 Å². The highest BCUT2D eigenvalue weighted by Crippen LogP contribution is 2.47. The molecule has 2 nitrogen and oxygen atoms in total. The number of carbonyl (C=O) groups is 1. The smallest absolute Gasteiger partial charge is 0.228 e. The lowest BCUT2D eigenvalue weighted by atomic mass is 10.1. The molecule has 1 saturated heterocycles. The molecule has 0 spiro atoms. The molecule has 0 N–H and O–H groups in total. The summed E-state index contributed by atoms with van der Waals surface area (Å²) in [5.41, 5.74) is 0.00241. The molecule has 1 unspecified atom stereocenters. The number of carbonyl (C=O) groups excluding carboxylic acids is 1. The van der Waals surface area contributed by atoms with Crippen molar-refractivity contribution in [1.82, 2.24) is 4.90 Å². The summed E-state index contributed by atoms with van der Waals surface area (Å²) in [7, 11) is 0. The van der Waals surface area contributed by atoms with Gasteiger partial charge in [-0.2, -0.15) is 11.8 Å². The van der Waals surface area contributed by atoms with Crippen molar-refractivity contribution in [1.29, 1.82) is 0 Å². The predicted molar refractivity (Wildman–Crippen MR) is 64.0 cm³/mol. The lowest BCUT2D eigenvalue weighted by Crippen LogP contribution is -2.49. The van der Waals surface area contributed by atoms with Gasteiger partial charge >= 0.3 is 0 Å². The Bertz CT molecular complexity index is 242. The van der Waals surface area contributed by atoms with Crippen LogP contribution in [0.5, 0.6) is 0 Å². The fourth-order valence-electron chi connectivity index (χ4n) is 1.80. The second-order valence-electron chi connectivity index (χ2n) is 4.44. The van der Waals surface area contributed by atoms with Gasteiger partial charge in [0.05, 0.1) is 6.04 Å². The molecule has 1 saturated carbocycles. The van der Waals surface area contributed by atoms with Crippen molar-refractivity contribution in [2.24, 2.45) is 5.41 Å². The molecule has 80 valence electrons. The molecule has 0 aromatic carbocycles. The van der Waals surface area contributed by atoms with Crippen LogP contribution in [0, 0.1) is 5.41 Å². The molecule has 1 amide bonds. The zero-order valence-corrected chi connectivity index (χ0v) is 10.9. The molecule has 0 bridgehead atoms. The summed E-state index contributed by atoms with van der Waals surface area (Å²) >= 11 is 5.46. The van der Waals surface area contributed by atoms with Crippen molar-refractivity contribution in [3.05, 3.63) is 0 Å². The van der Waals surface area contributed by atoms with Crippen LogP contribution in [0.4, 0.5) is 0 Å². The van der Waals surface area contributed by atoms with Crippen LogP contribution >= 0.6 is 27.7 Å². The van der Waals surface area contributed by atoms with E-state index in [4.69, 9.17) is 0 Å². The molecule has 1 aliphatic heterocycles. The van der Waals surface area contributed by atoms with Crippen LogP contribution in [0.15, 0.2) is 0 Å². The Labute approximate surface area is 97.9 Å². The maximum Gasteiger partial charge on any atom is 0.228 e. The van der Waals surface area contributed by atoms with Crippen molar-refractivity contribution >= 4 is 33.6 Å². The van der Waals surface area contributed by atoms with Crippen LogP contribution in [0.1, 0.15) is 19.8 Å². The third-order valence-electron chi connectivity index (χ3n) is 3.18. The van der Waals surface area contributed by atoms with Crippen LogP contribution in [0.2, 0.25) is 0 Å². The van der Waals surface area contributed by atoms with Gasteiger partial charge in [0.25, 0.3) is 0 Å². The molecule has 0 aromatic rings. The minimum Gasteiger partial charge on any atom is -0.337 e. The van der Waals surface area contributed by atoms with Gasteiger partial charge in [-0.05, 0) is 12.8 Å². The second-order valence-corrected chi connectivity index (χ2v) is 6.24. The molecule has 2 fully saturated rings. The average Bonchev–Trinajstić information content (AvgIpc) is 2.97. The van der Waals surface area contributed by atoms with Crippen molar-refractivity contribution in [2.45, 2.75) is 25.8 Å². The number of alkyl halides is 1. The quantitative estimate of drug-likeness (QED) is 0.721. The molecule has 2 aliphatic rings. The van der Waals surface area contributed by atoms with Gasteiger partial charge in [-0.15, -0.1) is 0 Å². The van der Waals surface area contributed by atoms with Gasteiger partial charge in [0.1, 0.15) is 0 Å². The van der Waals surface area contributed by atoms with Crippen molar-refractivity contribution in [2.75, 3.05) is 23.4 Å². The highest BCUT2D eigenvalue weighted by atomic mass is 79.9. The number of amides is 1. The Morgan fingerprint density at radius 2 is 2.36 bits per heavy atom. The SMILES string of the molecule is CC1(C(=O)N2CCSCC2CBr)CC1. The van der Waals surface area contributed by atoms with E-state index in [1.165, 1.54) is 0 Å². The first-order chi connectivity index (χ1) is 6.67. The number of hydrogen-bond acceptors (Lipinski definition) is 2. The van der Waals surface area contributed by atoms with Crippen LogP contribution in [-0.4, -0.2) is 40.2 Å². The van der Waals surface area contributed by atoms with Crippen LogP contribution in [-0.2, 0) is 4.79 Å². The minimum atomic E-state index is 0.00241. The molecule has 1 atom stereocenters. The largest absolute Gasteiger partial charge is 0.337 e. The predicted octanol–water partition coefficient (Wildman–Crippen LogP) is 2.13. The monoisotopic (exact) mass is 277 g/mol. The third-order valence-corrected chi connectivity index (χ3v) is 5.02. The number of nitrogens with zero attached hydrogens (tertiary/aromatic N) is 1.